The van der Waals surface area contributed by atoms with Crippen molar-refractivity contribution >= 4 is 24.2 Å². The summed E-state index contributed by atoms with van der Waals surface area (Å²) in [6.07, 6.45) is 0. The molecule has 0 unspecified atom stereocenters. The van der Waals surface area contributed by atoms with Gasteiger partial charge in [-0.25, -0.2) is 0 Å². The van der Waals surface area contributed by atoms with Crippen LogP contribution in [0, 0.1) is 0 Å². The molecule has 0 saturated heterocycles. The van der Waals surface area contributed by atoms with Crippen molar-refractivity contribution in [3.8, 4) is 0 Å². The van der Waals surface area contributed by atoms with E-state index in [4.69, 9.17) is 5.73 Å². The van der Waals surface area contributed by atoms with Gasteiger partial charge in [0.05, 0.1) is 0 Å². The third kappa shape index (κ3) is 17.7. The Hall–Kier alpha value is 0.560. The lowest BCUT2D eigenvalue weighted by molar-refractivity contribution is 0.824. The topological polar surface area (TPSA) is 57.5 Å². The van der Waals surface area contributed by atoms with Crippen LogP contribution in [0.1, 0.15) is 13.8 Å². The second-order valence-electron chi connectivity index (χ2n) is 1.71. The average molecular weight is 174 g/mol. The van der Waals surface area contributed by atoms with Gasteiger partial charge in [-0.3, -0.25) is 0 Å². The molecule has 0 aromatic carbocycles. The summed E-state index contributed by atoms with van der Waals surface area (Å²) >= 11 is 1.91. The molecule has 2 nitrogen and oxygen atoms in total. The van der Waals surface area contributed by atoms with Crippen molar-refractivity contribution < 1.29 is 5.48 Å². The van der Waals surface area contributed by atoms with Gasteiger partial charge in [0.15, 0.2) is 0 Å². The highest BCUT2D eigenvalue weighted by molar-refractivity contribution is 7.99. The van der Waals surface area contributed by atoms with Crippen molar-refractivity contribution in [2.75, 3.05) is 12.3 Å². The molecular weight excluding hydrogens is 158 g/mol. The van der Waals surface area contributed by atoms with E-state index in [0.29, 0.717) is 0 Å². The smallest absolute Gasteiger partial charge is 0.00584 e. The Labute approximate surface area is 67.3 Å². The van der Waals surface area contributed by atoms with Crippen molar-refractivity contribution in [3.05, 3.63) is 0 Å². The molecule has 60 valence electrons. The van der Waals surface area contributed by atoms with E-state index in [0.717, 1.165) is 17.5 Å². The number of thioether (sulfide) groups is 1. The van der Waals surface area contributed by atoms with Gasteiger partial charge in [-0.15, -0.1) is 12.4 Å². The number of nitrogens with two attached hydrogens (primary N) is 1. The largest absolute Gasteiger partial charge is 0.412 e. The van der Waals surface area contributed by atoms with Gasteiger partial charge in [-0.05, 0) is 5.25 Å². The Kier molecular flexibility index (Phi) is 20.6. The number of hydrogen-bond acceptors (Lipinski definition) is 2. The SMILES string of the molecule is CC(C)SCCN.Cl.O. The average Bonchev–Trinajstić information content (AvgIpc) is 1.61. The summed E-state index contributed by atoms with van der Waals surface area (Å²) in [5.41, 5.74) is 5.26. The molecule has 0 aromatic heterocycles. The highest BCUT2D eigenvalue weighted by atomic mass is 35.5. The van der Waals surface area contributed by atoms with Gasteiger partial charge in [0, 0.05) is 12.3 Å². The standard InChI is InChI=1S/C5H13NS.ClH.H2O/c1-5(2)7-4-3-6;;/h5H,3-4,6H2,1-2H3;1H;1H2. The zero-order valence-corrected chi connectivity index (χ0v) is 7.52. The van der Waals surface area contributed by atoms with Crippen molar-refractivity contribution in [1.82, 2.24) is 0 Å². The summed E-state index contributed by atoms with van der Waals surface area (Å²) in [7, 11) is 0. The van der Waals surface area contributed by atoms with Gasteiger partial charge < -0.3 is 11.2 Å². The fourth-order valence-corrected chi connectivity index (χ4v) is 0.911. The van der Waals surface area contributed by atoms with E-state index < -0.39 is 0 Å². The minimum absolute atomic E-state index is 0. The van der Waals surface area contributed by atoms with Gasteiger partial charge >= 0.3 is 0 Å². The van der Waals surface area contributed by atoms with Gasteiger partial charge in [-0.1, -0.05) is 13.8 Å². The van der Waals surface area contributed by atoms with E-state index in [-0.39, 0.29) is 17.9 Å². The normalized spacial score (nSPS) is 8.00. The van der Waals surface area contributed by atoms with Crippen LogP contribution >= 0.6 is 24.2 Å². The minimum atomic E-state index is 0. The Morgan fingerprint density at radius 2 is 1.89 bits per heavy atom. The van der Waals surface area contributed by atoms with Crippen molar-refractivity contribution in [2.24, 2.45) is 5.73 Å². The second kappa shape index (κ2) is 11.4. The predicted molar refractivity (Wildman–Crippen MR) is 47.5 cm³/mol. The van der Waals surface area contributed by atoms with Crippen LogP contribution in [0.5, 0.6) is 0 Å². The summed E-state index contributed by atoms with van der Waals surface area (Å²) in [6.45, 7) is 5.17. The summed E-state index contributed by atoms with van der Waals surface area (Å²) in [5.74, 6) is 1.09. The monoisotopic (exact) mass is 173 g/mol. The first-order valence-corrected chi connectivity index (χ1v) is 3.64. The van der Waals surface area contributed by atoms with Gasteiger partial charge in [0.25, 0.3) is 0 Å². The Morgan fingerprint density at radius 1 is 1.44 bits per heavy atom. The number of halogens is 1. The Balaban J connectivity index is -0.000000180. The van der Waals surface area contributed by atoms with Crippen LogP contribution in [0.15, 0.2) is 0 Å². The molecule has 0 heterocycles. The Bertz CT molecular complexity index is 45.9. The molecule has 9 heavy (non-hydrogen) atoms. The van der Waals surface area contributed by atoms with Crippen LogP contribution < -0.4 is 5.73 Å². The third-order valence-electron chi connectivity index (χ3n) is 0.569. The van der Waals surface area contributed by atoms with E-state index in [9.17, 15) is 0 Å². The van der Waals surface area contributed by atoms with Crippen LogP contribution in [0.3, 0.4) is 0 Å². The molecule has 0 radical (unpaired) electrons. The second-order valence-corrected chi connectivity index (χ2v) is 3.39. The molecule has 0 bridgehead atoms. The summed E-state index contributed by atoms with van der Waals surface area (Å²) < 4.78 is 0. The van der Waals surface area contributed by atoms with Crippen molar-refractivity contribution in [3.63, 3.8) is 0 Å². The first-order chi connectivity index (χ1) is 3.27. The molecule has 0 aliphatic carbocycles. The van der Waals surface area contributed by atoms with E-state index in [2.05, 4.69) is 13.8 Å². The summed E-state index contributed by atoms with van der Waals surface area (Å²) in [5, 5.41) is 0.739. The van der Waals surface area contributed by atoms with Crippen LogP contribution in [0.2, 0.25) is 0 Å². The Morgan fingerprint density at radius 3 is 2.00 bits per heavy atom. The third-order valence-corrected chi connectivity index (χ3v) is 1.71. The maximum atomic E-state index is 5.26. The van der Waals surface area contributed by atoms with Crippen molar-refractivity contribution in [2.45, 2.75) is 19.1 Å². The van der Waals surface area contributed by atoms with Crippen LogP contribution in [0.25, 0.3) is 0 Å². The maximum absolute atomic E-state index is 5.26. The first kappa shape index (κ1) is 16.3. The zero-order valence-electron chi connectivity index (χ0n) is 5.89. The summed E-state index contributed by atoms with van der Waals surface area (Å²) in [6, 6.07) is 0. The van der Waals surface area contributed by atoms with E-state index in [1.807, 2.05) is 11.8 Å². The fourth-order valence-electron chi connectivity index (χ4n) is 0.304. The van der Waals surface area contributed by atoms with Crippen LogP contribution in [0.4, 0.5) is 0 Å². The minimum Gasteiger partial charge on any atom is -0.412 e. The van der Waals surface area contributed by atoms with E-state index in [1.165, 1.54) is 0 Å². The molecule has 0 saturated carbocycles. The summed E-state index contributed by atoms with van der Waals surface area (Å²) in [4.78, 5) is 0. The molecule has 0 aromatic rings. The molecular formula is C5H16ClNOS. The molecule has 0 aliphatic heterocycles. The lowest BCUT2D eigenvalue weighted by Crippen LogP contribution is -2.03. The van der Waals surface area contributed by atoms with E-state index in [1.54, 1.807) is 0 Å². The van der Waals surface area contributed by atoms with Crippen LogP contribution in [-0.4, -0.2) is 23.0 Å². The van der Waals surface area contributed by atoms with E-state index >= 15 is 0 Å². The molecule has 0 atom stereocenters. The number of rotatable bonds is 3. The highest BCUT2D eigenvalue weighted by Gasteiger charge is 1.88. The van der Waals surface area contributed by atoms with Gasteiger partial charge in [0.2, 0.25) is 0 Å². The predicted octanol–water partition coefficient (Wildman–Crippen LogP) is 0.684. The molecule has 0 fully saturated rings. The highest BCUT2D eigenvalue weighted by Crippen LogP contribution is 2.05. The number of hydrogen-bond donors (Lipinski definition) is 1. The fraction of sp³-hybridized carbons (Fsp3) is 1.00. The molecule has 0 aliphatic rings. The molecule has 0 spiro atoms. The quantitative estimate of drug-likeness (QED) is 0.683. The molecule has 0 amide bonds. The maximum Gasteiger partial charge on any atom is 0.00584 e. The van der Waals surface area contributed by atoms with Crippen molar-refractivity contribution in [1.29, 1.82) is 0 Å². The lowest BCUT2D eigenvalue weighted by atomic mass is 10.6. The first-order valence-electron chi connectivity index (χ1n) is 2.59. The zero-order chi connectivity index (χ0) is 5.70. The molecule has 4 heteroatoms. The van der Waals surface area contributed by atoms with Crippen LogP contribution in [-0.2, 0) is 0 Å². The lowest BCUT2D eigenvalue weighted by Gasteiger charge is -1.99. The van der Waals surface area contributed by atoms with Gasteiger partial charge in [0.1, 0.15) is 0 Å². The molecule has 0 rings (SSSR count). The van der Waals surface area contributed by atoms with Gasteiger partial charge in [-0.2, -0.15) is 11.8 Å². The molecule has 4 N–H and O–H groups in total.